The van der Waals surface area contributed by atoms with E-state index in [0.717, 1.165) is 9.96 Å². The van der Waals surface area contributed by atoms with Crippen LogP contribution in [0, 0.1) is 0 Å². The third-order valence-corrected chi connectivity index (χ3v) is 5.73. The van der Waals surface area contributed by atoms with Gasteiger partial charge in [-0.25, -0.2) is 9.78 Å². The third kappa shape index (κ3) is 4.46. The van der Waals surface area contributed by atoms with Crippen molar-refractivity contribution in [1.29, 1.82) is 0 Å². The molecule has 0 saturated carbocycles. The molecule has 0 spiro atoms. The quantitative estimate of drug-likeness (QED) is 0.856. The lowest BCUT2D eigenvalue weighted by Gasteiger charge is -2.32. The van der Waals surface area contributed by atoms with Gasteiger partial charge < -0.3 is 9.64 Å². The Morgan fingerprint density at radius 3 is 3.09 bits per heavy atom. The van der Waals surface area contributed by atoms with Gasteiger partial charge in [0.25, 0.3) is 0 Å². The normalized spacial score (nSPS) is 18.0. The van der Waals surface area contributed by atoms with Crippen LogP contribution in [-0.2, 0) is 10.5 Å². The second-order valence-electron chi connectivity index (χ2n) is 5.31. The molecule has 1 fully saturated rings. The lowest BCUT2D eigenvalue weighted by molar-refractivity contribution is 0.0222. The minimum absolute atomic E-state index is 0.0932. The molecule has 1 aliphatic heterocycles. The molecule has 1 aromatic heterocycles. The molecule has 1 aliphatic rings. The van der Waals surface area contributed by atoms with Crippen LogP contribution >= 0.6 is 23.1 Å². The first kappa shape index (κ1) is 16.3. The highest BCUT2D eigenvalue weighted by atomic mass is 32.2. The maximum absolute atomic E-state index is 12.3. The Morgan fingerprint density at radius 1 is 1.48 bits per heavy atom. The van der Waals surface area contributed by atoms with Gasteiger partial charge in [0.1, 0.15) is 0 Å². The molecule has 5 nitrogen and oxygen atoms in total. The number of nitrogens with zero attached hydrogens (tertiary/aromatic N) is 2. The highest BCUT2D eigenvalue weighted by Gasteiger charge is 2.24. The molecular formula is C16H19N3O2S2. The summed E-state index contributed by atoms with van der Waals surface area (Å²) >= 11 is 3.24. The number of anilines is 1. The summed E-state index contributed by atoms with van der Waals surface area (Å²) < 4.78 is 6.45. The summed E-state index contributed by atoms with van der Waals surface area (Å²) in [5.74, 6) is 0.900. The number of urea groups is 1. The number of carbonyl (C=O) groups excluding carboxylic acids is 1. The van der Waals surface area contributed by atoms with Gasteiger partial charge in [-0.05, 0) is 12.5 Å². The van der Waals surface area contributed by atoms with Crippen molar-refractivity contribution in [2.75, 3.05) is 25.1 Å². The van der Waals surface area contributed by atoms with E-state index >= 15 is 0 Å². The summed E-state index contributed by atoms with van der Waals surface area (Å²) in [6, 6.07) is 10.3. The molecule has 3 rings (SSSR count). The summed E-state index contributed by atoms with van der Waals surface area (Å²) in [6.45, 7) is 3.78. The molecular weight excluding hydrogens is 330 g/mol. The highest BCUT2D eigenvalue weighted by molar-refractivity contribution is 8.00. The smallest absolute Gasteiger partial charge is 0.324 e. The van der Waals surface area contributed by atoms with Crippen LogP contribution in [0.2, 0.25) is 0 Å². The molecule has 0 radical (unpaired) electrons. The molecule has 23 heavy (non-hydrogen) atoms. The van der Waals surface area contributed by atoms with Crippen molar-refractivity contribution in [3.05, 3.63) is 42.1 Å². The largest absolute Gasteiger partial charge is 0.377 e. The van der Waals surface area contributed by atoms with Crippen LogP contribution in [0.4, 0.5) is 9.93 Å². The second-order valence-corrected chi connectivity index (χ2v) is 7.61. The fraction of sp³-hybridized carbons (Fsp3) is 0.375. The molecule has 2 amide bonds. The Hall–Kier alpha value is -1.57. The molecule has 1 aromatic carbocycles. The fourth-order valence-corrected chi connectivity index (χ4v) is 4.12. The van der Waals surface area contributed by atoms with E-state index in [1.165, 1.54) is 16.9 Å². The molecule has 1 N–H and O–H groups in total. The Labute approximate surface area is 144 Å². The van der Waals surface area contributed by atoms with E-state index in [1.807, 2.05) is 31.3 Å². The monoisotopic (exact) mass is 349 g/mol. The van der Waals surface area contributed by atoms with E-state index in [1.54, 1.807) is 16.7 Å². The van der Waals surface area contributed by atoms with Gasteiger partial charge >= 0.3 is 6.03 Å². The average Bonchev–Trinajstić information content (AvgIpc) is 3.02. The molecule has 2 aromatic rings. The molecule has 2 heterocycles. The van der Waals surface area contributed by atoms with Crippen LogP contribution in [0.25, 0.3) is 0 Å². The number of benzene rings is 1. The standard InChI is InChI=1S/C16H19N3O2S2/c1-12-10-21-8-7-19(12)16(20)18-15-17-9-14(23-15)22-11-13-5-3-2-4-6-13/h2-6,9,12H,7-8,10-11H2,1H3,(H,17,18,20)/t12-/m1/s1. The van der Waals surface area contributed by atoms with Gasteiger partial charge in [0.15, 0.2) is 5.13 Å². The summed E-state index contributed by atoms with van der Waals surface area (Å²) in [4.78, 5) is 18.4. The highest BCUT2D eigenvalue weighted by Crippen LogP contribution is 2.30. The van der Waals surface area contributed by atoms with E-state index in [0.29, 0.717) is 24.9 Å². The SMILES string of the molecule is C[C@@H]1COCCN1C(=O)Nc1ncc(SCc2ccccc2)s1. The van der Waals surface area contributed by atoms with E-state index in [9.17, 15) is 4.79 Å². The van der Waals surface area contributed by atoms with Gasteiger partial charge in [0.05, 0.1) is 29.7 Å². The first-order valence-corrected chi connectivity index (χ1v) is 9.30. The van der Waals surface area contributed by atoms with Gasteiger partial charge in [0, 0.05) is 12.3 Å². The molecule has 1 saturated heterocycles. The van der Waals surface area contributed by atoms with Crippen LogP contribution in [0.3, 0.4) is 0 Å². The zero-order valence-corrected chi connectivity index (χ0v) is 14.5. The van der Waals surface area contributed by atoms with E-state index in [4.69, 9.17) is 4.74 Å². The topological polar surface area (TPSA) is 54.5 Å². The van der Waals surface area contributed by atoms with Crippen LogP contribution in [0.1, 0.15) is 12.5 Å². The van der Waals surface area contributed by atoms with E-state index in [2.05, 4.69) is 22.4 Å². The molecule has 0 bridgehead atoms. The van der Waals surface area contributed by atoms with Crippen molar-refractivity contribution in [2.45, 2.75) is 22.9 Å². The zero-order chi connectivity index (χ0) is 16.1. The number of thiazole rings is 1. The lowest BCUT2D eigenvalue weighted by atomic mass is 10.2. The van der Waals surface area contributed by atoms with E-state index in [-0.39, 0.29) is 12.1 Å². The third-order valence-electron chi connectivity index (χ3n) is 3.55. The number of carbonyl (C=O) groups is 1. The number of amides is 2. The van der Waals surface area contributed by atoms with Crippen molar-refractivity contribution in [3.63, 3.8) is 0 Å². The molecule has 0 unspecified atom stereocenters. The Bertz CT molecular complexity index is 648. The number of aromatic nitrogens is 1. The first-order chi connectivity index (χ1) is 11.2. The van der Waals surface area contributed by atoms with Crippen molar-refractivity contribution in [1.82, 2.24) is 9.88 Å². The number of hydrogen-bond donors (Lipinski definition) is 1. The summed E-state index contributed by atoms with van der Waals surface area (Å²) in [5, 5.41) is 3.53. The summed E-state index contributed by atoms with van der Waals surface area (Å²) in [6.07, 6.45) is 1.82. The van der Waals surface area contributed by atoms with Crippen LogP contribution in [0.5, 0.6) is 0 Å². The second kappa shape index (κ2) is 7.81. The molecule has 0 aliphatic carbocycles. The Morgan fingerprint density at radius 2 is 2.30 bits per heavy atom. The number of ether oxygens (including phenoxy) is 1. The zero-order valence-electron chi connectivity index (χ0n) is 12.9. The van der Waals surface area contributed by atoms with Crippen molar-refractivity contribution < 1.29 is 9.53 Å². The van der Waals surface area contributed by atoms with Gasteiger partial charge in [0.2, 0.25) is 0 Å². The minimum atomic E-state index is -0.102. The van der Waals surface area contributed by atoms with Crippen molar-refractivity contribution >= 4 is 34.3 Å². The first-order valence-electron chi connectivity index (χ1n) is 7.50. The predicted octanol–water partition coefficient (Wildman–Crippen LogP) is 3.69. The Balaban J connectivity index is 1.53. The molecule has 1 atom stereocenters. The maximum atomic E-state index is 12.3. The fourth-order valence-electron chi connectivity index (χ4n) is 2.30. The Kier molecular flexibility index (Phi) is 5.53. The number of rotatable bonds is 4. The maximum Gasteiger partial charge on any atom is 0.324 e. The molecule has 7 heteroatoms. The van der Waals surface area contributed by atoms with Gasteiger partial charge in [-0.2, -0.15) is 0 Å². The van der Waals surface area contributed by atoms with Crippen LogP contribution in [-0.4, -0.2) is 41.7 Å². The van der Waals surface area contributed by atoms with Gasteiger partial charge in [-0.1, -0.05) is 41.7 Å². The summed E-state index contributed by atoms with van der Waals surface area (Å²) in [5.41, 5.74) is 1.28. The van der Waals surface area contributed by atoms with E-state index < -0.39 is 0 Å². The summed E-state index contributed by atoms with van der Waals surface area (Å²) in [7, 11) is 0. The van der Waals surface area contributed by atoms with Gasteiger partial charge in [-0.3, -0.25) is 5.32 Å². The van der Waals surface area contributed by atoms with Crippen LogP contribution in [0.15, 0.2) is 40.7 Å². The minimum Gasteiger partial charge on any atom is -0.377 e. The van der Waals surface area contributed by atoms with Gasteiger partial charge in [-0.15, -0.1) is 11.8 Å². The number of nitrogens with one attached hydrogen (secondary N) is 1. The lowest BCUT2D eigenvalue weighted by Crippen LogP contribution is -2.48. The predicted molar refractivity (Wildman–Crippen MR) is 94.1 cm³/mol. The van der Waals surface area contributed by atoms with Crippen molar-refractivity contribution in [2.24, 2.45) is 0 Å². The van der Waals surface area contributed by atoms with Crippen molar-refractivity contribution in [3.8, 4) is 0 Å². The number of morpholine rings is 1. The number of thioether (sulfide) groups is 1. The van der Waals surface area contributed by atoms with Crippen LogP contribution < -0.4 is 5.32 Å². The average molecular weight is 349 g/mol. The molecule has 122 valence electrons. The number of hydrogen-bond acceptors (Lipinski definition) is 5.